The summed E-state index contributed by atoms with van der Waals surface area (Å²) >= 11 is 5.46. The zero-order valence-electron chi connectivity index (χ0n) is 8.19. The van der Waals surface area contributed by atoms with Crippen LogP contribution in [0.25, 0.3) is 0 Å². The van der Waals surface area contributed by atoms with Gasteiger partial charge in [-0.25, -0.2) is 8.42 Å². The highest BCUT2D eigenvalue weighted by Gasteiger charge is 2.30. The van der Waals surface area contributed by atoms with Gasteiger partial charge in [-0.3, -0.25) is 4.90 Å². The van der Waals surface area contributed by atoms with Gasteiger partial charge in [-0.2, -0.15) is 0 Å². The summed E-state index contributed by atoms with van der Waals surface area (Å²) in [7, 11) is -1.02. The number of likely N-dealkylation sites (N-methyl/N-ethyl adjacent to an activating group) is 1. The monoisotopic (exact) mass is 241 g/mol. The lowest BCUT2D eigenvalue weighted by Gasteiger charge is -2.24. The molecule has 1 aliphatic heterocycles. The van der Waals surface area contributed by atoms with E-state index < -0.39 is 15.9 Å². The Hall–Kier alpha value is 0.160. The van der Waals surface area contributed by atoms with Crippen LogP contribution in [0.1, 0.15) is 6.42 Å². The van der Waals surface area contributed by atoms with Gasteiger partial charge in [0.2, 0.25) is 0 Å². The van der Waals surface area contributed by atoms with Gasteiger partial charge in [0.1, 0.15) is 0 Å². The molecule has 0 aromatic carbocycles. The average Bonchev–Trinajstić information content (AvgIpc) is 2.46. The quantitative estimate of drug-likeness (QED) is 0.687. The second-order valence-corrected chi connectivity index (χ2v) is 6.34. The molecule has 0 saturated carbocycles. The van der Waals surface area contributed by atoms with Crippen LogP contribution in [0, 0.1) is 0 Å². The van der Waals surface area contributed by atoms with Gasteiger partial charge in [0.25, 0.3) is 0 Å². The van der Waals surface area contributed by atoms with Crippen LogP contribution in [0.15, 0.2) is 0 Å². The van der Waals surface area contributed by atoms with Crippen LogP contribution in [0.2, 0.25) is 0 Å². The Balaban J connectivity index is 2.43. The number of hydrogen-bond acceptors (Lipinski definition) is 4. The minimum atomic E-state index is -2.84. The van der Waals surface area contributed by atoms with E-state index in [-0.39, 0.29) is 23.4 Å². The molecule has 1 saturated heterocycles. The molecule has 0 aromatic rings. The molecule has 0 radical (unpaired) electrons. The number of nitrogens with zero attached hydrogens (tertiary/aromatic N) is 1. The number of hydrogen-bond donors (Lipinski definition) is 1. The maximum atomic E-state index is 11.2. The highest BCUT2D eigenvalue weighted by atomic mass is 35.5. The summed E-state index contributed by atoms with van der Waals surface area (Å²) in [5.41, 5.74) is 0. The summed E-state index contributed by atoms with van der Waals surface area (Å²) < 4.78 is 22.4. The molecule has 6 heteroatoms. The molecule has 1 N–H and O–H groups in total. The first-order valence-corrected chi connectivity index (χ1v) is 6.95. The first kappa shape index (κ1) is 12.2. The summed E-state index contributed by atoms with van der Waals surface area (Å²) in [5.74, 6) is 0.654. The molecule has 84 valence electrons. The largest absolute Gasteiger partial charge is 0.391 e. The predicted molar refractivity (Wildman–Crippen MR) is 56.4 cm³/mol. The van der Waals surface area contributed by atoms with Gasteiger partial charge in [0, 0.05) is 18.5 Å². The van der Waals surface area contributed by atoms with E-state index in [1.807, 2.05) is 11.9 Å². The van der Waals surface area contributed by atoms with Crippen molar-refractivity contribution in [3.63, 3.8) is 0 Å². The van der Waals surface area contributed by atoms with Crippen LogP contribution in [0.4, 0.5) is 0 Å². The second-order valence-electron chi connectivity index (χ2n) is 3.80. The van der Waals surface area contributed by atoms with Gasteiger partial charge < -0.3 is 5.11 Å². The Labute approximate surface area is 89.8 Å². The fourth-order valence-electron chi connectivity index (χ4n) is 1.65. The molecule has 2 atom stereocenters. The van der Waals surface area contributed by atoms with Gasteiger partial charge in [-0.15, -0.1) is 11.6 Å². The molecule has 2 unspecified atom stereocenters. The number of rotatable bonds is 4. The Morgan fingerprint density at radius 1 is 1.64 bits per heavy atom. The first-order chi connectivity index (χ1) is 6.44. The minimum absolute atomic E-state index is 0.0397. The van der Waals surface area contributed by atoms with Crippen LogP contribution in [-0.2, 0) is 9.84 Å². The predicted octanol–water partition coefficient (Wildman–Crippen LogP) is -0.295. The number of alkyl halides is 1. The van der Waals surface area contributed by atoms with Crippen molar-refractivity contribution < 1.29 is 13.5 Å². The zero-order chi connectivity index (χ0) is 10.8. The fraction of sp³-hybridized carbons (Fsp3) is 1.00. The van der Waals surface area contributed by atoms with Gasteiger partial charge in [0.05, 0.1) is 17.6 Å². The lowest BCUT2D eigenvalue weighted by Crippen LogP contribution is -2.38. The Kier molecular flexibility index (Phi) is 4.18. The van der Waals surface area contributed by atoms with Crippen molar-refractivity contribution in [2.24, 2.45) is 0 Å². The summed E-state index contributed by atoms with van der Waals surface area (Å²) in [4.78, 5) is 1.87. The lowest BCUT2D eigenvalue weighted by molar-refractivity contribution is 0.125. The van der Waals surface area contributed by atoms with Gasteiger partial charge in [0.15, 0.2) is 9.84 Å². The summed E-state index contributed by atoms with van der Waals surface area (Å²) in [6.45, 7) is 0.434. The molecular formula is C8H16ClNO3S. The molecule has 14 heavy (non-hydrogen) atoms. The molecule has 1 rings (SSSR count). The van der Waals surface area contributed by atoms with E-state index in [1.54, 1.807) is 0 Å². The third kappa shape index (κ3) is 3.38. The van der Waals surface area contributed by atoms with Gasteiger partial charge >= 0.3 is 0 Å². The SMILES string of the molecule is CN(CC(O)CCl)C1CCS(=O)(=O)C1. The minimum Gasteiger partial charge on any atom is -0.391 e. The first-order valence-electron chi connectivity index (χ1n) is 4.59. The smallest absolute Gasteiger partial charge is 0.151 e. The van der Waals surface area contributed by atoms with Crippen molar-refractivity contribution in [3.05, 3.63) is 0 Å². The molecule has 1 aliphatic rings. The normalized spacial score (nSPS) is 28.1. The Bertz CT molecular complexity index is 280. The van der Waals surface area contributed by atoms with Crippen molar-refractivity contribution in [1.29, 1.82) is 0 Å². The number of aliphatic hydroxyl groups excluding tert-OH is 1. The van der Waals surface area contributed by atoms with Gasteiger partial charge in [-0.1, -0.05) is 0 Å². The van der Waals surface area contributed by atoms with E-state index in [1.165, 1.54) is 0 Å². The fourth-order valence-corrected chi connectivity index (χ4v) is 3.56. The number of halogens is 1. The van der Waals surface area contributed by atoms with Crippen molar-refractivity contribution in [2.45, 2.75) is 18.6 Å². The highest BCUT2D eigenvalue weighted by Crippen LogP contribution is 2.16. The maximum Gasteiger partial charge on any atom is 0.151 e. The van der Waals surface area contributed by atoms with Crippen LogP contribution in [0.3, 0.4) is 0 Å². The van der Waals surface area contributed by atoms with E-state index in [2.05, 4.69) is 0 Å². The van der Waals surface area contributed by atoms with Crippen LogP contribution < -0.4 is 0 Å². The third-order valence-corrected chi connectivity index (χ3v) is 4.62. The summed E-state index contributed by atoms with van der Waals surface area (Å²) in [6.07, 6.45) is 0.0818. The maximum absolute atomic E-state index is 11.2. The number of sulfone groups is 1. The topological polar surface area (TPSA) is 57.6 Å². The second kappa shape index (κ2) is 4.79. The molecule has 0 spiro atoms. The molecule has 0 amide bonds. The van der Waals surface area contributed by atoms with Crippen molar-refractivity contribution in [2.75, 3.05) is 31.0 Å². The lowest BCUT2D eigenvalue weighted by atomic mass is 10.2. The Morgan fingerprint density at radius 2 is 2.29 bits per heavy atom. The van der Waals surface area contributed by atoms with E-state index in [4.69, 9.17) is 11.6 Å². The third-order valence-electron chi connectivity index (χ3n) is 2.51. The average molecular weight is 242 g/mol. The highest BCUT2D eigenvalue weighted by molar-refractivity contribution is 7.91. The number of aliphatic hydroxyl groups is 1. The zero-order valence-corrected chi connectivity index (χ0v) is 9.76. The molecule has 0 aromatic heterocycles. The molecular weight excluding hydrogens is 226 g/mol. The van der Waals surface area contributed by atoms with E-state index in [0.29, 0.717) is 13.0 Å². The Morgan fingerprint density at radius 3 is 2.71 bits per heavy atom. The van der Waals surface area contributed by atoms with Gasteiger partial charge in [-0.05, 0) is 13.5 Å². The standard InChI is InChI=1S/C8H16ClNO3S/c1-10(5-8(11)4-9)7-2-3-14(12,13)6-7/h7-8,11H,2-6H2,1H3. The summed E-state index contributed by atoms with van der Waals surface area (Å²) in [6, 6.07) is 0.0397. The van der Waals surface area contributed by atoms with E-state index >= 15 is 0 Å². The van der Waals surface area contributed by atoms with E-state index in [9.17, 15) is 13.5 Å². The molecule has 1 fully saturated rings. The van der Waals surface area contributed by atoms with Crippen LogP contribution in [-0.4, -0.2) is 61.5 Å². The molecule has 0 bridgehead atoms. The molecule has 1 heterocycles. The van der Waals surface area contributed by atoms with Crippen LogP contribution in [0.5, 0.6) is 0 Å². The summed E-state index contributed by atoms with van der Waals surface area (Å²) in [5, 5.41) is 9.30. The molecule has 4 nitrogen and oxygen atoms in total. The van der Waals surface area contributed by atoms with Crippen molar-refractivity contribution in [3.8, 4) is 0 Å². The van der Waals surface area contributed by atoms with Crippen molar-refractivity contribution in [1.82, 2.24) is 4.90 Å². The van der Waals surface area contributed by atoms with Crippen LogP contribution >= 0.6 is 11.6 Å². The van der Waals surface area contributed by atoms with E-state index in [0.717, 1.165) is 0 Å². The van der Waals surface area contributed by atoms with Crippen molar-refractivity contribution >= 4 is 21.4 Å². The molecule has 0 aliphatic carbocycles.